The van der Waals surface area contributed by atoms with Gasteiger partial charge in [-0.05, 0) is 43.3 Å². The lowest BCUT2D eigenvalue weighted by Gasteiger charge is -2.21. The zero-order valence-corrected chi connectivity index (χ0v) is 14.7. The largest absolute Gasteiger partial charge is 0.447 e. The molecule has 2 N–H and O–H groups in total. The molecule has 0 spiro atoms. The maximum Gasteiger partial charge on any atom is 0.413 e. The van der Waals surface area contributed by atoms with Crippen LogP contribution in [0, 0.1) is 0 Å². The van der Waals surface area contributed by atoms with E-state index in [2.05, 4.69) is 10.6 Å². The summed E-state index contributed by atoms with van der Waals surface area (Å²) in [6.45, 7) is 4.03. The molecular formula is C16H21N3O4S. The number of nitrogens with one attached hydrogen (secondary N) is 2. The van der Waals surface area contributed by atoms with E-state index >= 15 is 0 Å². The summed E-state index contributed by atoms with van der Waals surface area (Å²) in [4.78, 5) is 25.1. The lowest BCUT2D eigenvalue weighted by atomic mass is 10.1. The number of nitrogens with zero attached hydrogens (tertiary/aromatic N) is 1. The molecule has 7 nitrogen and oxygen atoms in total. The summed E-state index contributed by atoms with van der Waals surface area (Å²) in [6, 6.07) is 5.80. The molecule has 8 heteroatoms. The maximum atomic E-state index is 11.8. The van der Waals surface area contributed by atoms with Crippen molar-refractivity contribution in [1.29, 1.82) is 0 Å². The van der Waals surface area contributed by atoms with Gasteiger partial charge in [-0.25, -0.2) is 4.79 Å². The normalized spacial score (nSPS) is 15.6. The molecule has 1 aliphatic heterocycles. The van der Waals surface area contributed by atoms with E-state index in [0.717, 1.165) is 17.7 Å². The number of fused-ring (bicyclic) bond motifs is 1. The van der Waals surface area contributed by atoms with Gasteiger partial charge < -0.3 is 19.7 Å². The quantitative estimate of drug-likeness (QED) is 0.638. The second-order valence-corrected chi connectivity index (χ2v) is 5.90. The topological polar surface area (TPSA) is 79.9 Å². The number of thiocarbonyl (C=S) groups is 1. The molecular weight excluding hydrogens is 330 g/mol. The van der Waals surface area contributed by atoms with Crippen LogP contribution in [0.5, 0.6) is 0 Å². The number of hydrogen-bond donors (Lipinski definition) is 2. The Hall–Kier alpha value is -2.19. The molecule has 24 heavy (non-hydrogen) atoms. The zero-order valence-electron chi connectivity index (χ0n) is 13.9. The third-order valence-electron chi connectivity index (χ3n) is 3.63. The van der Waals surface area contributed by atoms with Gasteiger partial charge in [0.25, 0.3) is 0 Å². The van der Waals surface area contributed by atoms with E-state index < -0.39 is 6.09 Å². The van der Waals surface area contributed by atoms with E-state index in [1.807, 2.05) is 25.1 Å². The molecule has 2 rings (SSSR count). The van der Waals surface area contributed by atoms with Crippen LogP contribution in [0.15, 0.2) is 18.2 Å². The Balaban J connectivity index is 1.98. The number of amides is 2. The minimum Gasteiger partial charge on any atom is -0.447 e. The van der Waals surface area contributed by atoms with Crippen LogP contribution in [0.2, 0.25) is 0 Å². The first-order valence-corrected chi connectivity index (χ1v) is 7.99. The van der Waals surface area contributed by atoms with Gasteiger partial charge in [-0.2, -0.15) is 0 Å². The van der Waals surface area contributed by atoms with Crippen LogP contribution in [0.25, 0.3) is 0 Å². The van der Waals surface area contributed by atoms with Gasteiger partial charge >= 0.3 is 6.09 Å². The molecule has 0 fully saturated rings. The summed E-state index contributed by atoms with van der Waals surface area (Å²) in [6.07, 6.45) is 0.175. The van der Waals surface area contributed by atoms with Gasteiger partial charge in [-0.15, -0.1) is 0 Å². The van der Waals surface area contributed by atoms with Crippen LogP contribution < -0.4 is 15.5 Å². The Morgan fingerprint density at radius 2 is 2.12 bits per heavy atom. The number of carbonyl (C=O) groups is 2. The highest BCUT2D eigenvalue weighted by atomic mass is 32.1. The van der Waals surface area contributed by atoms with Gasteiger partial charge in [0.1, 0.15) is 6.61 Å². The van der Waals surface area contributed by atoms with Crippen molar-refractivity contribution in [2.45, 2.75) is 26.3 Å². The Bertz CT molecular complexity index is 650. The lowest BCUT2D eigenvalue weighted by Crippen LogP contribution is -2.35. The molecule has 1 heterocycles. The number of carbonyl (C=O) groups excluding carboxylic acids is 2. The van der Waals surface area contributed by atoms with Crippen LogP contribution in [0.3, 0.4) is 0 Å². The van der Waals surface area contributed by atoms with Crippen LogP contribution in [0.1, 0.15) is 19.4 Å². The van der Waals surface area contributed by atoms with Crippen molar-refractivity contribution in [3.63, 3.8) is 0 Å². The fourth-order valence-electron chi connectivity index (χ4n) is 2.67. The van der Waals surface area contributed by atoms with Gasteiger partial charge in [-0.3, -0.25) is 10.1 Å². The summed E-state index contributed by atoms with van der Waals surface area (Å²) in [5, 5.41) is 5.46. The zero-order chi connectivity index (χ0) is 17.7. The Morgan fingerprint density at radius 1 is 1.38 bits per heavy atom. The monoisotopic (exact) mass is 351 g/mol. The maximum absolute atomic E-state index is 11.8. The van der Waals surface area contributed by atoms with Crippen molar-refractivity contribution in [3.05, 3.63) is 23.8 Å². The molecule has 0 saturated heterocycles. The molecule has 0 saturated carbocycles. The van der Waals surface area contributed by atoms with E-state index in [4.69, 9.17) is 21.7 Å². The van der Waals surface area contributed by atoms with E-state index in [1.54, 1.807) is 11.8 Å². The third-order valence-corrected chi connectivity index (χ3v) is 3.84. The smallest absolute Gasteiger partial charge is 0.413 e. The van der Waals surface area contributed by atoms with Gasteiger partial charge in [0.15, 0.2) is 5.11 Å². The van der Waals surface area contributed by atoms with Crippen LogP contribution in [-0.2, 0) is 20.7 Å². The Labute approximate surface area is 146 Å². The summed E-state index contributed by atoms with van der Waals surface area (Å²) in [5.74, 6) is 0.000761. The van der Waals surface area contributed by atoms with E-state index in [-0.39, 0.29) is 23.7 Å². The summed E-state index contributed by atoms with van der Waals surface area (Å²) < 4.78 is 9.66. The van der Waals surface area contributed by atoms with E-state index in [0.29, 0.717) is 12.3 Å². The van der Waals surface area contributed by atoms with Crippen molar-refractivity contribution in [1.82, 2.24) is 5.32 Å². The fraction of sp³-hybridized carbons (Fsp3) is 0.438. The van der Waals surface area contributed by atoms with Crippen LogP contribution in [-0.4, -0.2) is 43.5 Å². The standard InChI is InChI=1S/C16H21N3O4S/c1-10-8-12-4-5-13(9-14(12)19(10)11(2)20)17-15(24)18-16(21)23-7-6-22-3/h4-5,9-10H,6-8H2,1-3H3,(H2,17,18,21,24)/t10-/m1/s1. The number of anilines is 2. The summed E-state index contributed by atoms with van der Waals surface area (Å²) >= 11 is 5.09. The summed E-state index contributed by atoms with van der Waals surface area (Å²) in [5.41, 5.74) is 2.67. The fourth-order valence-corrected chi connectivity index (χ4v) is 2.88. The third kappa shape index (κ3) is 4.42. The Morgan fingerprint density at radius 3 is 2.79 bits per heavy atom. The van der Waals surface area contributed by atoms with Crippen molar-refractivity contribution in [3.8, 4) is 0 Å². The minimum absolute atomic E-state index is 0.000761. The number of hydrogen-bond acceptors (Lipinski definition) is 5. The van der Waals surface area contributed by atoms with Gasteiger partial charge in [0, 0.05) is 31.5 Å². The highest BCUT2D eigenvalue weighted by Gasteiger charge is 2.28. The van der Waals surface area contributed by atoms with Crippen LogP contribution >= 0.6 is 12.2 Å². The van der Waals surface area contributed by atoms with Gasteiger partial charge in [0.05, 0.1) is 6.61 Å². The first-order chi connectivity index (χ1) is 11.4. The second-order valence-electron chi connectivity index (χ2n) is 5.49. The van der Waals surface area contributed by atoms with E-state index in [9.17, 15) is 9.59 Å². The number of methoxy groups -OCH3 is 1. The van der Waals surface area contributed by atoms with Crippen molar-refractivity contribution in [2.75, 3.05) is 30.5 Å². The van der Waals surface area contributed by atoms with Crippen molar-refractivity contribution in [2.24, 2.45) is 0 Å². The highest BCUT2D eigenvalue weighted by molar-refractivity contribution is 7.80. The SMILES string of the molecule is COCCOC(=O)NC(=S)Nc1ccc2c(c1)N(C(C)=O)[C@H](C)C2. The predicted octanol–water partition coefficient (Wildman–Crippen LogP) is 2.05. The first-order valence-electron chi connectivity index (χ1n) is 7.58. The molecule has 130 valence electrons. The molecule has 0 aromatic heterocycles. The van der Waals surface area contributed by atoms with E-state index in [1.165, 1.54) is 7.11 Å². The summed E-state index contributed by atoms with van der Waals surface area (Å²) in [7, 11) is 1.52. The highest BCUT2D eigenvalue weighted by Crippen LogP contribution is 2.34. The predicted molar refractivity (Wildman–Crippen MR) is 95.3 cm³/mol. The second kappa shape index (κ2) is 8.07. The average Bonchev–Trinajstić information content (AvgIpc) is 2.82. The molecule has 1 aromatic carbocycles. The molecule has 1 aliphatic rings. The molecule has 0 radical (unpaired) electrons. The van der Waals surface area contributed by atoms with Gasteiger partial charge in [-0.1, -0.05) is 6.07 Å². The molecule has 0 aliphatic carbocycles. The Kier molecular flexibility index (Phi) is 6.10. The van der Waals surface area contributed by atoms with Crippen LogP contribution in [0.4, 0.5) is 16.2 Å². The molecule has 1 atom stereocenters. The number of ether oxygens (including phenoxy) is 2. The lowest BCUT2D eigenvalue weighted by molar-refractivity contribution is -0.116. The first kappa shape index (κ1) is 18.2. The van der Waals surface area contributed by atoms with Gasteiger partial charge in [0.2, 0.25) is 5.91 Å². The molecule has 0 unspecified atom stereocenters. The van der Waals surface area contributed by atoms with Crippen molar-refractivity contribution >= 4 is 40.7 Å². The average molecular weight is 351 g/mol. The van der Waals surface area contributed by atoms with Crippen molar-refractivity contribution < 1.29 is 19.1 Å². The molecule has 0 bridgehead atoms. The number of rotatable bonds is 4. The number of alkyl carbamates (subject to hydrolysis) is 1. The molecule has 2 amide bonds. The molecule has 1 aromatic rings. The minimum atomic E-state index is -0.648. The number of benzene rings is 1.